The highest BCUT2D eigenvalue weighted by atomic mass is 16.5. The van der Waals surface area contributed by atoms with Crippen LogP contribution in [0.15, 0.2) is 41.0 Å². The van der Waals surface area contributed by atoms with E-state index in [1.165, 1.54) is 6.26 Å². The Bertz CT molecular complexity index is 809. The van der Waals surface area contributed by atoms with E-state index in [1.807, 2.05) is 13.8 Å². The largest absolute Gasteiger partial charge is 0.489 e. The normalized spacial score (nSPS) is 15.0. The summed E-state index contributed by atoms with van der Waals surface area (Å²) in [5.41, 5.74) is 7.07. The molecule has 0 saturated carbocycles. The molecule has 2 aromatic rings. The average molecular weight is 385 g/mol. The number of ether oxygens (including phenoxy) is 1. The van der Waals surface area contributed by atoms with Gasteiger partial charge in [0.25, 0.3) is 5.91 Å². The van der Waals surface area contributed by atoms with Gasteiger partial charge in [0.1, 0.15) is 5.75 Å². The number of hydrogen-bond acceptors (Lipinski definition) is 6. The number of ketones is 1. The second-order valence-corrected chi connectivity index (χ2v) is 7.20. The lowest BCUT2D eigenvalue weighted by Crippen LogP contribution is -2.49. The Hall–Kier alpha value is -2.80. The SMILES string of the molecule is CC(C)Oc1ccc(C(=O)CCN2CCN(C(=O)c3ccco3)CC2)cc1N. The highest BCUT2D eigenvalue weighted by Gasteiger charge is 2.24. The van der Waals surface area contributed by atoms with Gasteiger partial charge in [-0.3, -0.25) is 14.5 Å². The zero-order valence-corrected chi connectivity index (χ0v) is 16.4. The van der Waals surface area contributed by atoms with Crippen LogP contribution in [0.25, 0.3) is 0 Å². The summed E-state index contributed by atoms with van der Waals surface area (Å²) in [7, 11) is 0. The fourth-order valence-corrected chi connectivity index (χ4v) is 3.22. The van der Waals surface area contributed by atoms with Crippen molar-refractivity contribution in [3.63, 3.8) is 0 Å². The van der Waals surface area contributed by atoms with Crippen molar-refractivity contribution in [2.75, 3.05) is 38.5 Å². The Morgan fingerprint density at radius 1 is 1.18 bits per heavy atom. The van der Waals surface area contributed by atoms with Crippen molar-refractivity contribution in [2.24, 2.45) is 0 Å². The predicted octanol–water partition coefficient (Wildman–Crippen LogP) is 2.68. The van der Waals surface area contributed by atoms with Crippen LogP contribution in [-0.2, 0) is 0 Å². The summed E-state index contributed by atoms with van der Waals surface area (Å²) in [6.07, 6.45) is 1.95. The minimum atomic E-state index is -0.0834. The number of hydrogen-bond donors (Lipinski definition) is 1. The van der Waals surface area contributed by atoms with Gasteiger partial charge in [0, 0.05) is 44.7 Å². The third-order valence-electron chi connectivity index (χ3n) is 4.74. The van der Waals surface area contributed by atoms with Crippen LogP contribution in [0.4, 0.5) is 5.69 Å². The molecule has 2 N–H and O–H groups in total. The summed E-state index contributed by atoms with van der Waals surface area (Å²) in [5.74, 6) is 0.937. The standard InChI is InChI=1S/C21H27N3O4/c1-15(2)28-19-6-5-16(14-17(19)22)18(25)7-8-23-9-11-24(12-10-23)21(26)20-4-3-13-27-20/h3-6,13-15H,7-12,22H2,1-2H3. The van der Waals surface area contributed by atoms with Crippen molar-refractivity contribution < 1.29 is 18.7 Å². The van der Waals surface area contributed by atoms with Crippen molar-refractivity contribution in [3.8, 4) is 5.75 Å². The maximum Gasteiger partial charge on any atom is 0.289 e. The van der Waals surface area contributed by atoms with Gasteiger partial charge in [0.05, 0.1) is 18.1 Å². The average Bonchev–Trinajstić information content (AvgIpc) is 3.22. The molecule has 1 aromatic heterocycles. The summed E-state index contributed by atoms with van der Waals surface area (Å²) in [5, 5.41) is 0. The fourth-order valence-electron chi connectivity index (χ4n) is 3.22. The molecule has 7 nitrogen and oxygen atoms in total. The molecule has 2 heterocycles. The van der Waals surface area contributed by atoms with E-state index < -0.39 is 0 Å². The number of Topliss-reactive ketones (excluding diaryl/α,β-unsaturated/α-hetero) is 1. The third-order valence-corrected chi connectivity index (χ3v) is 4.74. The number of anilines is 1. The number of carbonyl (C=O) groups excluding carboxylic acids is 2. The van der Waals surface area contributed by atoms with Crippen LogP contribution in [0.1, 0.15) is 41.2 Å². The second-order valence-electron chi connectivity index (χ2n) is 7.20. The van der Waals surface area contributed by atoms with Gasteiger partial charge in [0.15, 0.2) is 11.5 Å². The van der Waals surface area contributed by atoms with Crippen molar-refractivity contribution >= 4 is 17.4 Å². The van der Waals surface area contributed by atoms with Crippen molar-refractivity contribution in [1.82, 2.24) is 9.80 Å². The molecule has 1 fully saturated rings. The molecular formula is C21H27N3O4. The molecule has 0 atom stereocenters. The van der Waals surface area contributed by atoms with Crippen molar-refractivity contribution in [2.45, 2.75) is 26.4 Å². The summed E-state index contributed by atoms with van der Waals surface area (Å²) >= 11 is 0. The highest BCUT2D eigenvalue weighted by molar-refractivity contribution is 5.97. The van der Waals surface area contributed by atoms with Crippen LogP contribution < -0.4 is 10.5 Å². The van der Waals surface area contributed by atoms with Crippen molar-refractivity contribution in [3.05, 3.63) is 47.9 Å². The number of carbonyl (C=O) groups is 2. The molecule has 0 unspecified atom stereocenters. The number of nitrogens with zero attached hydrogens (tertiary/aromatic N) is 2. The number of benzene rings is 1. The first-order chi connectivity index (χ1) is 13.4. The zero-order valence-electron chi connectivity index (χ0n) is 16.4. The quantitative estimate of drug-likeness (QED) is 0.582. The van der Waals surface area contributed by atoms with Gasteiger partial charge >= 0.3 is 0 Å². The lowest BCUT2D eigenvalue weighted by Gasteiger charge is -2.34. The Balaban J connectivity index is 1.47. The minimum Gasteiger partial charge on any atom is -0.489 e. The maximum absolute atomic E-state index is 12.5. The Morgan fingerprint density at radius 2 is 1.93 bits per heavy atom. The lowest BCUT2D eigenvalue weighted by atomic mass is 10.1. The van der Waals surface area contributed by atoms with Gasteiger partial charge in [-0.15, -0.1) is 0 Å². The van der Waals surface area contributed by atoms with E-state index in [4.69, 9.17) is 14.9 Å². The fraction of sp³-hybridized carbons (Fsp3) is 0.429. The molecule has 0 spiro atoms. The van der Waals surface area contributed by atoms with Gasteiger partial charge in [-0.2, -0.15) is 0 Å². The van der Waals surface area contributed by atoms with Crippen LogP contribution in [-0.4, -0.2) is 60.3 Å². The predicted molar refractivity (Wildman–Crippen MR) is 107 cm³/mol. The van der Waals surface area contributed by atoms with Gasteiger partial charge < -0.3 is 19.8 Å². The molecule has 7 heteroatoms. The number of amides is 1. The Kier molecular flexibility index (Phi) is 6.36. The van der Waals surface area contributed by atoms with Gasteiger partial charge in [-0.1, -0.05) is 0 Å². The molecule has 0 radical (unpaired) electrons. The van der Waals surface area contributed by atoms with E-state index in [2.05, 4.69) is 4.90 Å². The third kappa shape index (κ3) is 4.92. The number of furan rings is 1. The minimum absolute atomic E-state index is 0.0298. The van der Waals surface area contributed by atoms with E-state index in [0.29, 0.717) is 48.8 Å². The topological polar surface area (TPSA) is 89.0 Å². The van der Waals surface area contributed by atoms with Crippen LogP contribution in [0.5, 0.6) is 5.75 Å². The number of piperazine rings is 1. The lowest BCUT2D eigenvalue weighted by molar-refractivity contribution is 0.0599. The molecule has 1 amide bonds. The smallest absolute Gasteiger partial charge is 0.289 e. The molecule has 150 valence electrons. The molecule has 1 aliphatic rings. The Morgan fingerprint density at radius 3 is 2.54 bits per heavy atom. The van der Waals surface area contributed by atoms with E-state index >= 15 is 0 Å². The molecule has 3 rings (SSSR count). The first kappa shape index (κ1) is 19.9. The zero-order chi connectivity index (χ0) is 20.1. The summed E-state index contributed by atoms with van der Waals surface area (Å²) < 4.78 is 10.8. The van der Waals surface area contributed by atoms with Crippen LogP contribution in [0.3, 0.4) is 0 Å². The van der Waals surface area contributed by atoms with E-state index in [0.717, 1.165) is 13.1 Å². The van der Waals surface area contributed by atoms with Gasteiger partial charge in [0.2, 0.25) is 0 Å². The maximum atomic E-state index is 12.5. The molecule has 0 aliphatic carbocycles. The van der Waals surface area contributed by atoms with Crippen molar-refractivity contribution in [1.29, 1.82) is 0 Å². The highest BCUT2D eigenvalue weighted by Crippen LogP contribution is 2.24. The summed E-state index contributed by atoms with van der Waals surface area (Å²) in [6.45, 7) is 7.25. The molecule has 0 bridgehead atoms. The molecule has 1 aliphatic heterocycles. The second kappa shape index (κ2) is 8.93. The van der Waals surface area contributed by atoms with E-state index in [-0.39, 0.29) is 17.8 Å². The van der Waals surface area contributed by atoms with Crippen LogP contribution in [0.2, 0.25) is 0 Å². The molecule has 1 saturated heterocycles. The molecule has 28 heavy (non-hydrogen) atoms. The molecule has 1 aromatic carbocycles. The first-order valence-corrected chi connectivity index (χ1v) is 9.58. The Labute approximate surface area is 165 Å². The number of rotatable bonds is 7. The van der Waals surface area contributed by atoms with E-state index in [9.17, 15) is 9.59 Å². The van der Waals surface area contributed by atoms with Crippen LogP contribution in [0, 0.1) is 0 Å². The van der Waals surface area contributed by atoms with Gasteiger partial charge in [-0.25, -0.2) is 0 Å². The number of nitrogens with two attached hydrogens (primary N) is 1. The summed E-state index contributed by atoms with van der Waals surface area (Å²) in [4.78, 5) is 28.8. The number of nitrogen functional groups attached to an aromatic ring is 1. The monoisotopic (exact) mass is 385 g/mol. The molecular weight excluding hydrogens is 358 g/mol. The first-order valence-electron chi connectivity index (χ1n) is 9.58. The van der Waals surface area contributed by atoms with E-state index in [1.54, 1.807) is 35.2 Å². The summed E-state index contributed by atoms with van der Waals surface area (Å²) in [6, 6.07) is 8.58. The van der Waals surface area contributed by atoms with Gasteiger partial charge in [-0.05, 0) is 44.2 Å². The van der Waals surface area contributed by atoms with Crippen LogP contribution >= 0.6 is 0 Å².